The first kappa shape index (κ1) is 18.7. The fraction of sp³-hybridized carbons (Fsp3) is 0.0370. The molecule has 0 spiro atoms. The predicted molar refractivity (Wildman–Crippen MR) is 124 cm³/mol. The molecule has 4 nitrogen and oxygen atoms in total. The van der Waals surface area contributed by atoms with Crippen LogP contribution in [0.1, 0.15) is 11.1 Å². The molecule has 3 aromatic carbocycles. The largest absolute Gasteiger partial charge is 0.436 e. The maximum atomic E-state index is 10.0. The second-order valence-electron chi connectivity index (χ2n) is 7.30. The molecule has 0 aliphatic heterocycles. The molecule has 0 atom stereocenters. The van der Waals surface area contributed by atoms with E-state index in [1.807, 2.05) is 86.0 Å². The number of furan rings is 1. The summed E-state index contributed by atoms with van der Waals surface area (Å²) in [6.07, 6.45) is 3.80. The summed E-state index contributed by atoms with van der Waals surface area (Å²) in [6, 6.07) is 30.1. The Morgan fingerprint density at radius 2 is 1.52 bits per heavy atom. The van der Waals surface area contributed by atoms with Crippen LogP contribution in [0.15, 0.2) is 101 Å². The van der Waals surface area contributed by atoms with Gasteiger partial charge in [0.1, 0.15) is 17.4 Å². The molecule has 2 aromatic heterocycles. The zero-order valence-electron chi connectivity index (χ0n) is 17.0. The number of aliphatic imine (C=N–C) groups is 1. The average molecular weight is 401 g/mol. The van der Waals surface area contributed by atoms with Gasteiger partial charge in [0.25, 0.3) is 0 Å². The highest BCUT2D eigenvalue weighted by Crippen LogP contribution is 2.42. The van der Waals surface area contributed by atoms with E-state index < -0.39 is 0 Å². The van der Waals surface area contributed by atoms with Gasteiger partial charge < -0.3 is 8.98 Å². The van der Waals surface area contributed by atoms with E-state index in [1.165, 1.54) is 0 Å². The number of fused-ring (bicyclic) bond motifs is 1. The molecule has 0 bridgehead atoms. The maximum Gasteiger partial charge on any atom is 0.238 e. The summed E-state index contributed by atoms with van der Waals surface area (Å²) in [5, 5.41) is 11.1. The molecule has 0 aliphatic rings. The summed E-state index contributed by atoms with van der Waals surface area (Å²) < 4.78 is 8.25. The number of aryl methyl sites for hydroxylation is 1. The van der Waals surface area contributed by atoms with Gasteiger partial charge in [-0.1, -0.05) is 78.9 Å². The summed E-state index contributed by atoms with van der Waals surface area (Å²) >= 11 is 0. The van der Waals surface area contributed by atoms with Crippen LogP contribution >= 0.6 is 0 Å². The van der Waals surface area contributed by atoms with Gasteiger partial charge in [0.05, 0.1) is 0 Å². The van der Waals surface area contributed by atoms with Crippen molar-refractivity contribution in [3.05, 3.63) is 102 Å². The van der Waals surface area contributed by atoms with Crippen LogP contribution < -0.4 is 0 Å². The number of benzene rings is 3. The summed E-state index contributed by atoms with van der Waals surface area (Å²) in [7, 11) is 2.01. The van der Waals surface area contributed by atoms with Crippen LogP contribution in [0.4, 0.5) is 5.88 Å². The van der Waals surface area contributed by atoms with E-state index in [-0.39, 0.29) is 0 Å². The number of hydrogen-bond acceptors (Lipinski definition) is 3. The predicted octanol–water partition coefficient (Wildman–Crippen LogP) is 6.73. The SMILES string of the molecule is Cn1cc(C=Nc2oc(-c3ccccc3)c(-c3ccccc3)c2C#N)c2ccccc21. The van der Waals surface area contributed by atoms with Crippen molar-refractivity contribution in [2.24, 2.45) is 12.0 Å². The lowest BCUT2D eigenvalue weighted by molar-refractivity contribution is 0.593. The Kier molecular flexibility index (Phi) is 4.70. The first-order chi connectivity index (χ1) is 15.3. The Bertz CT molecular complexity index is 1430. The summed E-state index contributed by atoms with van der Waals surface area (Å²) in [5.41, 5.74) is 5.12. The Hall–Kier alpha value is -4.36. The van der Waals surface area contributed by atoms with Crippen molar-refractivity contribution >= 4 is 23.0 Å². The fourth-order valence-electron chi connectivity index (χ4n) is 3.89. The van der Waals surface area contributed by atoms with Crippen molar-refractivity contribution in [1.29, 1.82) is 5.26 Å². The zero-order chi connectivity index (χ0) is 21.2. The molecule has 31 heavy (non-hydrogen) atoms. The Morgan fingerprint density at radius 1 is 0.871 bits per heavy atom. The summed E-state index contributed by atoms with van der Waals surface area (Å²) in [4.78, 5) is 4.62. The van der Waals surface area contributed by atoms with Gasteiger partial charge in [0, 0.05) is 47.1 Å². The molecule has 0 radical (unpaired) electrons. The number of aromatic nitrogens is 1. The molecule has 2 heterocycles. The van der Waals surface area contributed by atoms with Crippen LogP contribution in [0, 0.1) is 11.3 Å². The van der Waals surface area contributed by atoms with Crippen LogP contribution in [-0.2, 0) is 7.05 Å². The summed E-state index contributed by atoms with van der Waals surface area (Å²) in [6.45, 7) is 0. The Balaban J connectivity index is 1.68. The van der Waals surface area contributed by atoms with Gasteiger partial charge >= 0.3 is 0 Å². The molecule has 4 heteroatoms. The van der Waals surface area contributed by atoms with Crippen LogP contribution in [0.2, 0.25) is 0 Å². The number of para-hydroxylation sites is 1. The minimum absolute atomic E-state index is 0.313. The molecule has 148 valence electrons. The van der Waals surface area contributed by atoms with Crippen molar-refractivity contribution in [3.8, 4) is 28.5 Å². The average Bonchev–Trinajstić information content (AvgIpc) is 3.36. The quantitative estimate of drug-likeness (QED) is 0.314. The minimum atomic E-state index is 0.313. The van der Waals surface area contributed by atoms with Gasteiger partial charge in [-0.05, 0) is 11.6 Å². The molecule has 5 aromatic rings. The standard InChI is InChI=1S/C27H19N3O/c1-30-18-21(22-14-8-9-15-24(22)30)17-29-27-23(16-28)25(19-10-4-2-5-11-19)26(31-27)20-12-6-3-7-13-20/h2-15,17-18H,1H3. The highest BCUT2D eigenvalue weighted by Gasteiger charge is 2.22. The third-order valence-electron chi connectivity index (χ3n) is 5.35. The van der Waals surface area contributed by atoms with Crippen LogP contribution in [0.3, 0.4) is 0 Å². The topological polar surface area (TPSA) is 54.2 Å². The number of rotatable bonds is 4. The van der Waals surface area contributed by atoms with E-state index in [4.69, 9.17) is 4.42 Å². The van der Waals surface area contributed by atoms with E-state index in [0.29, 0.717) is 17.2 Å². The van der Waals surface area contributed by atoms with E-state index in [2.05, 4.69) is 27.8 Å². The van der Waals surface area contributed by atoms with Gasteiger partial charge in [-0.15, -0.1) is 0 Å². The highest BCUT2D eigenvalue weighted by molar-refractivity contribution is 6.00. The van der Waals surface area contributed by atoms with E-state index >= 15 is 0 Å². The number of nitrogens with zero attached hydrogens (tertiary/aromatic N) is 3. The number of hydrogen-bond donors (Lipinski definition) is 0. The van der Waals surface area contributed by atoms with Gasteiger partial charge in [-0.2, -0.15) is 5.26 Å². The van der Waals surface area contributed by atoms with Crippen molar-refractivity contribution in [2.75, 3.05) is 0 Å². The normalized spacial score (nSPS) is 11.2. The Labute approximate surface area is 180 Å². The lowest BCUT2D eigenvalue weighted by Gasteiger charge is -2.03. The molecule has 5 rings (SSSR count). The van der Waals surface area contributed by atoms with Crippen molar-refractivity contribution < 1.29 is 4.42 Å². The smallest absolute Gasteiger partial charge is 0.238 e. The van der Waals surface area contributed by atoms with Gasteiger partial charge in [-0.25, -0.2) is 4.99 Å². The monoisotopic (exact) mass is 401 g/mol. The van der Waals surface area contributed by atoms with Crippen molar-refractivity contribution in [2.45, 2.75) is 0 Å². The van der Waals surface area contributed by atoms with E-state index in [0.717, 1.165) is 33.2 Å². The fourth-order valence-corrected chi connectivity index (χ4v) is 3.89. The van der Waals surface area contributed by atoms with Crippen LogP contribution in [0.5, 0.6) is 0 Å². The third-order valence-corrected chi connectivity index (χ3v) is 5.35. The molecule has 0 unspecified atom stereocenters. The molecular weight excluding hydrogens is 382 g/mol. The number of nitriles is 1. The van der Waals surface area contributed by atoms with Crippen molar-refractivity contribution in [3.63, 3.8) is 0 Å². The molecule has 0 fully saturated rings. The molecule has 0 aliphatic carbocycles. The maximum absolute atomic E-state index is 10.0. The van der Waals surface area contributed by atoms with Crippen LogP contribution in [0.25, 0.3) is 33.4 Å². The highest BCUT2D eigenvalue weighted by atomic mass is 16.4. The lowest BCUT2D eigenvalue weighted by Crippen LogP contribution is -1.83. The van der Waals surface area contributed by atoms with Gasteiger partial charge in [0.15, 0.2) is 0 Å². The van der Waals surface area contributed by atoms with Crippen molar-refractivity contribution in [1.82, 2.24) is 4.57 Å². The van der Waals surface area contributed by atoms with Gasteiger partial charge in [-0.3, -0.25) is 0 Å². The first-order valence-corrected chi connectivity index (χ1v) is 10.0. The van der Waals surface area contributed by atoms with Gasteiger partial charge in [0.2, 0.25) is 5.88 Å². The van der Waals surface area contributed by atoms with Crippen LogP contribution in [-0.4, -0.2) is 10.8 Å². The summed E-state index contributed by atoms with van der Waals surface area (Å²) in [5.74, 6) is 0.960. The first-order valence-electron chi connectivity index (χ1n) is 10.0. The molecule has 0 saturated carbocycles. The third kappa shape index (κ3) is 3.33. The Morgan fingerprint density at radius 3 is 2.23 bits per heavy atom. The molecule has 0 amide bonds. The zero-order valence-corrected chi connectivity index (χ0v) is 17.0. The molecule has 0 N–H and O–H groups in total. The minimum Gasteiger partial charge on any atom is -0.436 e. The van der Waals surface area contributed by atoms with E-state index in [1.54, 1.807) is 6.21 Å². The molecule has 0 saturated heterocycles. The van der Waals surface area contributed by atoms with E-state index in [9.17, 15) is 5.26 Å². The lowest BCUT2D eigenvalue weighted by atomic mass is 9.98. The second-order valence-corrected chi connectivity index (χ2v) is 7.30. The molecular formula is C27H19N3O. The second kappa shape index (κ2) is 7.81.